The van der Waals surface area contributed by atoms with Crippen molar-refractivity contribution in [3.8, 4) is 0 Å². The Morgan fingerprint density at radius 3 is 2.57 bits per heavy atom. The normalized spacial score (nSPS) is 17.7. The predicted molar refractivity (Wildman–Crippen MR) is 115 cm³/mol. The van der Waals surface area contributed by atoms with Crippen LogP contribution in [0.5, 0.6) is 0 Å². The van der Waals surface area contributed by atoms with E-state index < -0.39 is 23.5 Å². The highest BCUT2D eigenvalue weighted by atomic mass is 79.9. The van der Waals surface area contributed by atoms with Gasteiger partial charge in [0.15, 0.2) is 0 Å². The first kappa shape index (κ1) is 22.2. The lowest BCUT2D eigenvalue weighted by Crippen LogP contribution is -2.52. The topological polar surface area (TPSA) is 85.7 Å². The molecule has 0 saturated heterocycles. The lowest BCUT2D eigenvalue weighted by molar-refractivity contribution is 0.140. The van der Waals surface area contributed by atoms with Crippen molar-refractivity contribution in [3.63, 3.8) is 0 Å². The van der Waals surface area contributed by atoms with Gasteiger partial charge in [0.1, 0.15) is 16.5 Å². The van der Waals surface area contributed by atoms with Crippen LogP contribution < -0.4 is 10.2 Å². The van der Waals surface area contributed by atoms with Crippen LogP contribution in [0.15, 0.2) is 28.9 Å². The van der Waals surface area contributed by atoms with Gasteiger partial charge in [0.2, 0.25) is 0 Å². The van der Waals surface area contributed by atoms with Crippen LogP contribution in [-0.2, 0) is 21.6 Å². The Kier molecular flexibility index (Phi) is 6.41. The Morgan fingerprint density at radius 1 is 1.33 bits per heavy atom. The van der Waals surface area contributed by atoms with Crippen LogP contribution in [0.2, 0.25) is 0 Å². The maximum absolute atomic E-state index is 14.9. The van der Waals surface area contributed by atoms with Crippen LogP contribution >= 0.6 is 28.1 Å². The molecule has 0 saturated carbocycles. The van der Waals surface area contributed by atoms with Crippen LogP contribution in [0.25, 0.3) is 0 Å². The SMILES string of the molecule is CCOC(=O)N(C(=O)OCC)c1ccc(F)c(C2(C)Cn3ncc(Br)c3C(=S)N2)c1. The Labute approximate surface area is 186 Å². The van der Waals surface area contributed by atoms with Crippen molar-refractivity contribution in [1.82, 2.24) is 15.1 Å². The third-order valence-corrected chi connectivity index (χ3v) is 5.44. The standard InChI is InChI=1S/C19H20BrFN4O4S/c1-4-28-17(26)25(18(27)29-5-2)11-6-7-14(21)12(8-11)19(3)10-24-15(16(30)23-19)13(20)9-22-24/h6-9H,4-5,10H2,1-3H3,(H,23,30). The van der Waals surface area contributed by atoms with E-state index in [1.165, 1.54) is 18.2 Å². The summed E-state index contributed by atoms with van der Waals surface area (Å²) in [4.78, 5) is 25.9. The summed E-state index contributed by atoms with van der Waals surface area (Å²) in [6, 6.07) is 3.90. The molecule has 160 valence electrons. The van der Waals surface area contributed by atoms with Gasteiger partial charge in [-0.05, 0) is 54.9 Å². The number of benzene rings is 1. The second-order valence-corrected chi connectivity index (χ2v) is 7.94. The van der Waals surface area contributed by atoms with E-state index in [9.17, 15) is 14.0 Å². The first-order chi connectivity index (χ1) is 14.2. The number of nitrogens with zero attached hydrogens (tertiary/aromatic N) is 3. The van der Waals surface area contributed by atoms with Crippen LogP contribution in [0, 0.1) is 5.82 Å². The molecule has 2 heterocycles. The molecule has 1 aromatic heterocycles. The highest BCUT2D eigenvalue weighted by Gasteiger charge is 2.38. The summed E-state index contributed by atoms with van der Waals surface area (Å²) in [7, 11) is 0. The molecule has 0 aliphatic carbocycles. The molecule has 1 aromatic carbocycles. The number of aromatic nitrogens is 2. The lowest BCUT2D eigenvalue weighted by Gasteiger charge is -2.37. The number of ether oxygens (including phenoxy) is 2. The number of amides is 2. The van der Waals surface area contributed by atoms with Crippen LogP contribution in [0.4, 0.5) is 19.7 Å². The van der Waals surface area contributed by atoms with Crippen LogP contribution in [0.1, 0.15) is 32.0 Å². The van der Waals surface area contributed by atoms with Crippen molar-refractivity contribution in [1.29, 1.82) is 0 Å². The van der Waals surface area contributed by atoms with Gasteiger partial charge >= 0.3 is 12.2 Å². The Hall–Kier alpha value is -2.53. The average molecular weight is 499 g/mol. The molecule has 0 fully saturated rings. The number of halogens is 2. The Balaban J connectivity index is 2.05. The molecule has 1 aliphatic heterocycles. The molecule has 30 heavy (non-hydrogen) atoms. The van der Waals surface area contributed by atoms with Gasteiger partial charge in [-0.25, -0.2) is 14.0 Å². The van der Waals surface area contributed by atoms with E-state index in [0.717, 1.165) is 9.37 Å². The number of anilines is 1. The number of carbonyl (C=O) groups excluding carboxylic acids is 2. The second-order valence-electron chi connectivity index (χ2n) is 6.68. The van der Waals surface area contributed by atoms with Gasteiger partial charge in [-0.3, -0.25) is 4.68 Å². The lowest BCUT2D eigenvalue weighted by atomic mass is 9.89. The fourth-order valence-electron chi connectivity index (χ4n) is 3.25. The number of hydrogen-bond acceptors (Lipinski definition) is 6. The number of fused-ring (bicyclic) bond motifs is 1. The van der Waals surface area contributed by atoms with E-state index in [0.29, 0.717) is 10.7 Å². The van der Waals surface area contributed by atoms with Gasteiger partial charge in [0, 0.05) is 5.56 Å². The highest BCUT2D eigenvalue weighted by molar-refractivity contribution is 9.10. The molecule has 1 unspecified atom stereocenters. The largest absolute Gasteiger partial charge is 0.449 e. The van der Waals surface area contributed by atoms with E-state index in [-0.39, 0.29) is 31.0 Å². The summed E-state index contributed by atoms with van der Waals surface area (Å²) in [5.41, 5.74) is 0.0339. The zero-order valence-electron chi connectivity index (χ0n) is 16.6. The van der Waals surface area contributed by atoms with Crippen molar-refractivity contribution in [3.05, 3.63) is 45.9 Å². The van der Waals surface area contributed by atoms with Crippen molar-refractivity contribution in [2.24, 2.45) is 0 Å². The van der Waals surface area contributed by atoms with Gasteiger partial charge in [-0.1, -0.05) is 12.2 Å². The maximum Gasteiger partial charge on any atom is 0.423 e. The van der Waals surface area contributed by atoms with Gasteiger partial charge in [0.05, 0.1) is 41.7 Å². The zero-order valence-corrected chi connectivity index (χ0v) is 19.0. The quantitative estimate of drug-likeness (QED) is 0.635. The number of imide groups is 1. The second kappa shape index (κ2) is 8.68. The molecule has 8 nitrogen and oxygen atoms in total. The molecular formula is C19H20BrFN4O4S. The summed E-state index contributed by atoms with van der Waals surface area (Å²) < 4.78 is 27.2. The van der Waals surface area contributed by atoms with Gasteiger partial charge in [-0.15, -0.1) is 0 Å². The number of carbonyl (C=O) groups is 2. The summed E-state index contributed by atoms with van der Waals surface area (Å²) in [6.07, 6.45) is -0.210. The first-order valence-corrected chi connectivity index (χ1v) is 10.4. The van der Waals surface area contributed by atoms with Crippen molar-refractivity contribution < 1.29 is 23.5 Å². The summed E-state index contributed by atoms with van der Waals surface area (Å²) >= 11 is 8.85. The van der Waals surface area contributed by atoms with Crippen molar-refractivity contribution in [2.75, 3.05) is 18.1 Å². The Morgan fingerprint density at radius 2 is 1.97 bits per heavy atom. The van der Waals surface area contributed by atoms with Gasteiger partial charge < -0.3 is 14.8 Å². The maximum atomic E-state index is 14.9. The minimum Gasteiger partial charge on any atom is -0.449 e. The van der Waals surface area contributed by atoms with E-state index in [1.54, 1.807) is 31.6 Å². The number of thiocarbonyl (C=S) groups is 1. The predicted octanol–water partition coefficient (Wildman–Crippen LogP) is 4.10. The number of hydrogen-bond donors (Lipinski definition) is 1. The molecule has 11 heteroatoms. The highest BCUT2D eigenvalue weighted by Crippen LogP contribution is 2.34. The molecule has 1 N–H and O–H groups in total. The van der Waals surface area contributed by atoms with E-state index in [1.807, 2.05) is 0 Å². The van der Waals surface area contributed by atoms with E-state index in [2.05, 4.69) is 26.3 Å². The molecular weight excluding hydrogens is 479 g/mol. The molecule has 0 spiro atoms. The average Bonchev–Trinajstić information content (AvgIpc) is 3.04. The van der Waals surface area contributed by atoms with E-state index in [4.69, 9.17) is 21.7 Å². The minimum absolute atomic E-state index is 0.0628. The smallest absolute Gasteiger partial charge is 0.423 e. The summed E-state index contributed by atoms with van der Waals surface area (Å²) in [5, 5.41) is 7.44. The van der Waals surface area contributed by atoms with Crippen LogP contribution in [-0.4, -0.2) is 40.2 Å². The van der Waals surface area contributed by atoms with Gasteiger partial charge in [-0.2, -0.15) is 10.00 Å². The molecule has 1 atom stereocenters. The first-order valence-electron chi connectivity index (χ1n) is 9.19. The van der Waals surface area contributed by atoms with Crippen LogP contribution in [0.3, 0.4) is 0 Å². The fourth-order valence-corrected chi connectivity index (χ4v) is 4.31. The number of nitrogens with one attached hydrogen (secondary N) is 1. The molecule has 2 aromatic rings. The third-order valence-electron chi connectivity index (χ3n) is 4.57. The molecule has 3 rings (SSSR count). The van der Waals surface area contributed by atoms with Crippen molar-refractivity contribution in [2.45, 2.75) is 32.9 Å². The summed E-state index contributed by atoms with van der Waals surface area (Å²) in [6.45, 7) is 5.39. The molecule has 0 bridgehead atoms. The fraction of sp³-hybridized carbons (Fsp3) is 0.368. The summed E-state index contributed by atoms with van der Waals surface area (Å²) in [5.74, 6) is -0.529. The minimum atomic E-state index is -0.982. The van der Waals surface area contributed by atoms with E-state index >= 15 is 0 Å². The number of rotatable bonds is 4. The molecule has 1 aliphatic rings. The molecule has 0 radical (unpaired) electrons. The Bertz CT molecular complexity index is 996. The zero-order chi connectivity index (χ0) is 22.1. The molecule has 2 amide bonds. The third kappa shape index (κ3) is 4.04. The van der Waals surface area contributed by atoms with Crippen molar-refractivity contribution >= 4 is 51.0 Å². The van der Waals surface area contributed by atoms with Gasteiger partial charge in [0.25, 0.3) is 0 Å². The monoisotopic (exact) mass is 498 g/mol.